The molecule has 1 atom stereocenters. The highest BCUT2D eigenvalue weighted by Gasteiger charge is 2.18. The van der Waals surface area contributed by atoms with E-state index in [9.17, 15) is 9.18 Å². The van der Waals surface area contributed by atoms with Crippen LogP contribution in [0.1, 0.15) is 11.7 Å². The molecule has 1 N–H and O–H groups in total. The fourth-order valence-electron chi connectivity index (χ4n) is 0.481. The first-order valence-corrected chi connectivity index (χ1v) is 3.31. The van der Waals surface area contributed by atoms with Crippen LogP contribution in [0.3, 0.4) is 0 Å². The lowest BCUT2D eigenvalue weighted by Crippen LogP contribution is -2.04. The van der Waals surface area contributed by atoms with Gasteiger partial charge in [0, 0.05) is 17.1 Å². The van der Waals surface area contributed by atoms with Gasteiger partial charge in [0.25, 0.3) is 0 Å². The SMILES string of the molecule is O=C(O)C(F)c1cnsc1. The van der Waals surface area contributed by atoms with Crippen molar-refractivity contribution in [3.63, 3.8) is 0 Å². The first-order valence-electron chi connectivity index (χ1n) is 2.48. The first kappa shape index (κ1) is 7.14. The van der Waals surface area contributed by atoms with Crippen LogP contribution in [0.15, 0.2) is 11.6 Å². The summed E-state index contributed by atoms with van der Waals surface area (Å²) in [6.07, 6.45) is -0.720. The van der Waals surface area contributed by atoms with Gasteiger partial charge in [0.05, 0.1) is 0 Å². The molecule has 10 heavy (non-hydrogen) atoms. The molecule has 0 amide bonds. The molecule has 0 aliphatic rings. The predicted molar refractivity (Wildman–Crippen MR) is 33.6 cm³/mol. The van der Waals surface area contributed by atoms with Crippen molar-refractivity contribution < 1.29 is 14.3 Å². The Morgan fingerprint density at radius 2 is 2.60 bits per heavy atom. The zero-order valence-corrected chi connectivity index (χ0v) is 5.64. The van der Waals surface area contributed by atoms with Gasteiger partial charge in [-0.2, -0.15) is 0 Å². The normalized spacial score (nSPS) is 12.9. The Morgan fingerprint density at radius 3 is 3.00 bits per heavy atom. The molecule has 5 heteroatoms. The van der Waals surface area contributed by atoms with Gasteiger partial charge in [0.2, 0.25) is 6.17 Å². The van der Waals surface area contributed by atoms with Gasteiger partial charge in [0.15, 0.2) is 0 Å². The van der Waals surface area contributed by atoms with Gasteiger partial charge in [-0.3, -0.25) is 0 Å². The second-order valence-corrected chi connectivity index (χ2v) is 2.32. The molecule has 0 aromatic carbocycles. The number of alkyl halides is 1. The summed E-state index contributed by atoms with van der Waals surface area (Å²) in [6.45, 7) is 0. The Balaban J connectivity index is 2.77. The first-order chi connectivity index (χ1) is 4.72. The van der Waals surface area contributed by atoms with E-state index in [2.05, 4.69) is 4.37 Å². The summed E-state index contributed by atoms with van der Waals surface area (Å²) < 4.78 is 16.0. The molecule has 1 unspecified atom stereocenters. The van der Waals surface area contributed by atoms with E-state index >= 15 is 0 Å². The van der Waals surface area contributed by atoms with E-state index < -0.39 is 12.1 Å². The Bertz CT molecular complexity index is 224. The zero-order chi connectivity index (χ0) is 7.56. The smallest absolute Gasteiger partial charge is 0.343 e. The number of rotatable bonds is 2. The molecule has 0 bridgehead atoms. The molecule has 0 aliphatic heterocycles. The van der Waals surface area contributed by atoms with Crippen LogP contribution in [0.25, 0.3) is 0 Å². The summed E-state index contributed by atoms with van der Waals surface area (Å²) in [6, 6.07) is 0. The molecular formula is C5H4FNO2S. The van der Waals surface area contributed by atoms with E-state index in [0.717, 1.165) is 11.5 Å². The zero-order valence-electron chi connectivity index (χ0n) is 4.82. The lowest BCUT2D eigenvalue weighted by atomic mass is 10.2. The Morgan fingerprint density at radius 1 is 1.90 bits per heavy atom. The van der Waals surface area contributed by atoms with Crippen LogP contribution in [0.4, 0.5) is 4.39 Å². The molecule has 0 fully saturated rings. The summed E-state index contributed by atoms with van der Waals surface area (Å²) in [5.41, 5.74) is 0.109. The maximum atomic E-state index is 12.5. The molecule has 0 radical (unpaired) electrons. The highest BCUT2D eigenvalue weighted by molar-refractivity contribution is 7.03. The maximum absolute atomic E-state index is 12.5. The number of aromatic nitrogens is 1. The summed E-state index contributed by atoms with van der Waals surface area (Å²) in [5, 5.41) is 9.53. The van der Waals surface area contributed by atoms with Gasteiger partial charge < -0.3 is 5.11 Å². The van der Waals surface area contributed by atoms with Crippen LogP contribution in [0, 0.1) is 0 Å². The third kappa shape index (κ3) is 1.30. The summed E-state index contributed by atoms with van der Waals surface area (Å²) >= 11 is 1.03. The highest BCUT2D eigenvalue weighted by Crippen LogP contribution is 2.17. The van der Waals surface area contributed by atoms with Crippen LogP contribution in [-0.2, 0) is 4.79 Å². The van der Waals surface area contributed by atoms with E-state index in [1.165, 1.54) is 11.6 Å². The lowest BCUT2D eigenvalue weighted by molar-refractivity contribution is -0.143. The van der Waals surface area contributed by atoms with Crippen molar-refractivity contribution in [3.8, 4) is 0 Å². The third-order valence-electron chi connectivity index (χ3n) is 0.961. The molecule has 1 aromatic rings. The van der Waals surface area contributed by atoms with Crippen LogP contribution in [0.5, 0.6) is 0 Å². The van der Waals surface area contributed by atoms with Gasteiger partial charge >= 0.3 is 5.97 Å². The number of aliphatic carboxylic acids is 1. The number of nitrogens with zero attached hydrogens (tertiary/aromatic N) is 1. The van der Waals surface area contributed by atoms with E-state index in [-0.39, 0.29) is 5.56 Å². The molecule has 0 spiro atoms. The Kier molecular flexibility index (Phi) is 1.96. The molecule has 54 valence electrons. The summed E-state index contributed by atoms with van der Waals surface area (Å²) in [5.74, 6) is -1.47. The molecule has 1 heterocycles. The minimum atomic E-state index is -1.93. The summed E-state index contributed by atoms with van der Waals surface area (Å²) in [7, 11) is 0. The van der Waals surface area contributed by atoms with Crippen molar-refractivity contribution in [3.05, 3.63) is 17.1 Å². The number of carbonyl (C=O) groups is 1. The second-order valence-electron chi connectivity index (χ2n) is 1.66. The topological polar surface area (TPSA) is 50.2 Å². The number of hydrogen-bond donors (Lipinski definition) is 1. The van der Waals surface area contributed by atoms with Crippen LogP contribution >= 0.6 is 11.5 Å². The fourth-order valence-corrected chi connectivity index (χ4v) is 1.03. The van der Waals surface area contributed by atoms with Crippen LogP contribution in [0.2, 0.25) is 0 Å². The number of halogens is 1. The maximum Gasteiger partial charge on any atom is 0.343 e. The van der Waals surface area contributed by atoms with Gasteiger partial charge in [-0.05, 0) is 11.5 Å². The quantitative estimate of drug-likeness (QED) is 0.709. The molecule has 1 aromatic heterocycles. The summed E-state index contributed by atoms with van der Waals surface area (Å²) in [4.78, 5) is 10.00. The van der Waals surface area contributed by atoms with E-state index in [0.29, 0.717) is 0 Å². The van der Waals surface area contributed by atoms with Crippen LogP contribution in [-0.4, -0.2) is 15.4 Å². The molecule has 3 nitrogen and oxygen atoms in total. The van der Waals surface area contributed by atoms with E-state index in [4.69, 9.17) is 5.11 Å². The monoisotopic (exact) mass is 161 g/mol. The lowest BCUT2D eigenvalue weighted by Gasteiger charge is -1.95. The number of carboxylic acids is 1. The van der Waals surface area contributed by atoms with Crippen molar-refractivity contribution >= 4 is 17.5 Å². The molecule has 0 saturated carbocycles. The van der Waals surface area contributed by atoms with Crippen molar-refractivity contribution in [2.75, 3.05) is 0 Å². The van der Waals surface area contributed by atoms with E-state index in [1.807, 2.05) is 0 Å². The van der Waals surface area contributed by atoms with Gasteiger partial charge in [-0.25, -0.2) is 13.6 Å². The molecule has 0 saturated heterocycles. The fraction of sp³-hybridized carbons (Fsp3) is 0.200. The Labute approximate surface area is 60.3 Å². The average Bonchev–Trinajstić information content (AvgIpc) is 2.36. The van der Waals surface area contributed by atoms with Crippen molar-refractivity contribution in [2.24, 2.45) is 0 Å². The average molecular weight is 161 g/mol. The van der Waals surface area contributed by atoms with Crippen LogP contribution < -0.4 is 0 Å². The predicted octanol–water partition coefficient (Wildman–Crippen LogP) is 1.24. The largest absolute Gasteiger partial charge is 0.479 e. The molecule has 0 aliphatic carbocycles. The molecule has 1 rings (SSSR count). The van der Waals surface area contributed by atoms with E-state index in [1.54, 1.807) is 0 Å². The molecular weight excluding hydrogens is 157 g/mol. The van der Waals surface area contributed by atoms with Crippen molar-refractivity contribution in [1.82, 2.24) is 4.37 Å². The second kappa shape index (κ2) is 2.74. The minimum absolute atomic E-state index is 0.109. The number of carboxylic acid groups (broad SMARTS) is 1. The van der Waals surface area contributed by atoms with Gasteiger partial charge in [-0.15, -0.1) is 0 Å². The Hall–Kier alpha value is -0.970. The third-order valence-corrected chi connectivity index (χ3v) is 1.57. The number of hydrogen-bond acceptors (Lipinski definition) is 3. The van der Waals surface area contributed by atoms with Gasteiger partial charge in [-0.1, -0.05) is 0 Å². The van der Waals surface area contributed by atoms with Crippen molar-refractivity contribution in [1.29, 1.82) is 0 Å². The van der Waals surface area contributed by atoms with Crippen molar-refractivity contribution in [2.45, 2.75) is 6.17 Å². The minimum Gasteiger partial charge on any atom is -0.479 e. The van der Waals surface area contributed by atoms with Gasteiger partial charge in [0.1, 0.15) is 0 Å². The highest BCUT2D eigenvalue weighted by atomic mass is 32.1. The standard InChI is InChI=1S/C5H4FNO2S/c6-4(5(8)9)3-1-7-10-2-3/h1-2,4H,(H,8,9).